The fourth-order valence-corrected chi connectivity index (χ4v) is 4.07. The van der Waals surface area contributed by atoms with Crippen molar-refractivity contribution in [3.63, 3.8) is 0 Å². The van der Waals surface area contributed by atoms with Crippen molar-refractivity contribution in [3.05, 3.63) is 48.7 Å². The monoisotopic (exact) mass is 393 g/mol. The summed E-state index contributed by atoms with van der Waals surface area (Å²) in [7, 11) is 0. The Bertz CT molecular complexity index is 906. The highest BCUT2D eigenvalue weighted by Crippen LogP contribution is 2.37. The van der Waals surface area contributed by atoms with Crippen LogP contribution < -0.4 is 15.1 Å². The number of anilines is 3. The maximum absolute atomic E-state index is 13.6. The molecule has 1 aromatic carbocycles. The van der Waals surface area contributed by atoms with E-state index in [1.54, 1.807) is 24.9 Å². The van der Waals surface area contributed by atoms with Crippen molar-refractivity contribution < 1.29 is 9.59 Å². The summed E-state index contributed by atoms with van der Waals surface area (Å²) in [5.74, 6) is 0.745. The number of hydrogen-bond donors (Lipinski definition) is 1. The van der Waals surface area contributed by atoms with Crippen LogP contribution in [0.15, 0.2) is 48.7 Å². The van der Waals surface area contributed by atoms with Crippen molar-refractivity contribution in [1.29, 1.82) is 0 Å². The molecule has 2 aromatic rings. The van der Waals surface area contributed by atoms with Gasteiger partial charge < -0.3 is 10.2 Å². The first-order chi connectivity index (χ1) is 13.9. The lowest BCUT2D eigenvalue weighted by molar-refractivity contribution is -0.129. The first-order valence-corrected chi connectivity index (χ1v) is 10.0. The maximum Gasteiger partial charge on any atom is 0.250 e. The van der Waals surface area contributed by atoms with Crippen LogP contribution in [0.2, 0.25) is 0 Å². The topological polar surface area (TPSA) is 68.8 Å². The normalized spacial score (nSPS) is 20.0. The summed E-state index contributed by atoms with van der Waals surface area (Å²) < 4.78 is 0. The van der Waals surface area contributed by atoms with Crippen molar-refractivity contribution in [3.8, 4) is 0 Å². The number of hydrogen-bond acceptors (Lipinski definition) is 5. The van der Waals surface area contributed by atoms with Crippen LogP contribution >= 0.6 is 0 Å². The third-order valence-corrected chi connectivity index (χ3v) is 5.92. The van der Waals surface area contributed by atoms with Crippen LogP contribution in [0, 0.1) is 0 Å². The van der Waals surface area contributed by atoms with Gasteiger partial charge in [-0.15, -0.1) is 0 Å². The van der Waals surface area contributed by atoms with Gasteiger partial charge in [0.05, 0.1) is 17.4 Å². The number of piperazine rings is 1. The zero-order chi connectivity index (χ0) is 20.6. The van der Waals surface area contributed by atoms with E-state index in [2.05, 4.69) is 20.1 Å². The molecule has 2 aliphatic heterocycles. The molecule has 1 N–H and O–H groups in total. The number of aromatic nitrogens is 1. The second-order valence-electron chi connectivity index (χ2n) is 8.09. The van der Waals surface area contributed by atoms with Crippen molar-refractivity contribution in [2.75, 3.05) is 41.3 Å². The fourth-order valence-electron chi connectivity index (χ4n) is 4.07. The molecule has 1 aromatic heterocycles. The number of fused-ring (bicyclic) bond motifs is 1. The lowest BCUT2D eigenvalue weighted by Gasteiger charge is -2.45. The van der Waals surface area contributed by atoms with Gasteiger partial charge in [0.1, 0.15) is 11.4 Å². The number of amides is 2. The van der Waals surface area contributed by atoms with E-state index >= 15 is 0 Å². The smallest absolute Gasteiger partial charge is 0.250 e. The van der Waals surface area contributed by atoms with Crippen LogP contribution in [0.1, 0.15) is 20.8 Å². The van der Waals surface area contributed by atoms with Crippen molar-refractivity contribution in [2.24, 2.45) is 0 Å². The Morgan fingerprint density at radius 1 is 1.07 bits per heavy atom. The lowest BCUT2D eigenvalue weighted by Crippen LogP contribution is -2.63. The molecule has 0 radical (unpaired) electrons. The second-order valence-corrected chi connectivity index (χ2v) is 8.09. The van der Waals surface area contributed by atoms with Crippen molar-refractivity contribution in [1.82, 2.24) is 9.88 Å². The summed E-state index contributed by atoms with van der Waals surface area (Å²) in [5, 5.41) is 2.92. The summed E-state index contributed by atoms with van der Waals surface area (Å²) in [6.45, 7) is 8.69. The van der Waals surface area contributed by atoms with Gasteiger partial charge in [0.2, 0.25) is 11.8 Å². The minimum atomic E-state index is -0.949. The standard InChI is InChI=1S/C22H27N5O2/c1-16(25-12-14-26(15-13-25)19-10-6-7-11-23-19)20(28)27-18-9-5-4-8-17(18)24-21(29)22(27,2)3/h4-11,16H,12-15H2,1-3H3,(H,24,29)/t16-/m0/s1. The molecule has 7 nitrogen and oxygen atoms in total. The zero-order valence-corrected chi connectivity index (χ0v) is 17.1. The quantitative estimate of drug-likeness (QED) is 0.867. The Kier molecular flexibility index (Phi) is 5.00. The highest BCUT2D eigenvalue weighted by molar-refractivity contribution is 6.15. The Labute approximate surface area is 171 Å². The maximum atomic E-state index is 13.6. The summed E-state index contributed by atoms with van der Waals surface area (Å²) in [6, 6.07) is 13.1. The number of nitrogens with zero attached hydrogens (tertiary/aromatic N) is 4. The molecular weight excluding hydrogens is 366 g/mol. The highest BCUT2D eigenvalue weighted by Gasteiger charge is 2.45. The Hall–Kier alpha value is -2.93. The molecule has 1 fully saturated rings. The summed E-state index contributed by atoms with van der Waals surface area (Å²) in [6.07, 6.45) is 1.80. The van der Waals surface area contributed by atoms with E-state index in [9.17, 15) is 9.59 Å². The van der Waals surface area contributed by atoms with Gasteiger partial charge in [0.15, 0.2) is 0 Å². The van der Waals surface area contributed by atoms with Crippen LogP contribution in [0.25, 0.3) is 0 Å². The van der Waals surface area contributed by atoms with Crippen LogP contribution in [-0.2, 0) is 9.59 Å². The summed E-state index contributed by atoms with van der Waals surface area (Å²) in [4.78, 5) is 36.7. The average Bonchev–Trinajstić information content (AvgIpc) is 2.74. The number of para-hydroxylation sites is 2. The molecule has 7 heteroatoms. The molecule has 0 bridgehead atoms. The number of rotatable bonds is 3. The molecule has 3 heterocycles. The van der Waals surface area contributed by atoms with Crippen LogP contribution in [0.4, 0.5) is 17.2 Å². The van der Waals surface area contributed by atoms with Gasteiger partial charge in [0, 0.05) is 32.4 Å². The molecule has 2 aliphatic rings. The number of nitrogens with one attached hydrogen (secondary N) is 1. The van der Waals surface area contributed by atoms with E-state index in [0.717, 1.165) is 37.7 Å². The minimum Gasteiger partial charge on any atom is -0.354 e. The molecule has 0 spiro atoms. The Morgan fingerprint density at radius 2 is 1.76 bits per heavy atom. The van der Waals surface area contributed by atoms with Crippen LogP contribution in [0.3, 0.4) is 0 Å². The van der Waals surface area contributed by atoms with Gasteiger partial charge in [-0.2, -0.15) is 0 Å². The van der Waals surface area contributed by atoms with Gasteiger partial charge in [-0.05, 0) is 45.0 Å². The van der Waals surface area contributed by atoms with E-state index < -0.39 is 5.54 Å². The Morgan fingerprint density at radius 3 is 2.45 bits per heavy atom. The van der Waals surface area contributed by atoms with Gasteiger partial charge in [-0.25, -0.2) is 4.98 Å². The van der Waals surface area contributed by atoms with E-state index in [1.165, 1.54) is 0 Å². The Balaban J connectivity index is 1.51. The number of benzene rings is 1. The molecule has 152 valence electrons. The highest BCUT2D eigenvalue weighted by atomic mass is 16.2. The van der Waals surface area contributed by atoms with Gasteiger partial charge in [-0.1, -0.05) is 18.2 Å². The number of pyridine rings is 1. The predicted octanol–water partition coefficient (Wildman–Crippen LogP) is 2.36. The molecule has 0 unspecified atom stereocenters. The molecular formula is C22H27N5O2. The predicted molar refractivity (Wildman–Crippen MR) is 114 cm³/mol. The largest absolute Gasteiger partial charge is 0.354 e. The molecule has 0 aliphatic carbocycles. The molecule has 1 atom stereocenters. The molecule has 0 saturated carbocycles. The first kappa shape index (κ1) is 19.4. The van der Waals surface area contributed by atoms with Crippen LogP contribution in [-0.4, -0.2) is 59.5 Å². The molecule has 2 amide bonds. The minimum absolute atomic E-state index is 0.0522. The van der Waals surface area contributed by atoms with Gasteiger partial charge >= 0.3 is 0 Å². The number of carbonyl (C=O) groups excluding carboxylic acids is 2. The molecule has 4 rings (SSSR count). The van der Waals surface area contributed by atoms with Crippen LogP contribution in [0.5, 0.6) is 0 Å². The van der Waals surface area contributed by atoms with Crippen molar-refractivity contribution >= 4 is 29.0 Å². The second kappa shape index (κ2) is 7.48. The summed E-state index contributed by atoms with van der Waals surface area (Å²) in [5.41, 5.74) is 0.480. The third-order valence-electron chi connectivity index (χ3n) is 5.92. The number of carbonyl (C=O) groups is 2. The van der Waals surface area contributed by atoms with E-state index in [0.29, 0.717) is 5.69 Å². The SMILES string of the molecule is C[C@@H](C(=O)N1c2ccccc2NC(=O)C1(C)C)N1CCN(c2ccccn2)CC1. The van der Waals surface area contributed by atoms with Gasteiger partial charge in [0.25, 0.3) is 0 Å². The average molecular weight is 393 g/mol. The van der Waals surface area contributed by atoms with E-state index in [-0.39, 0.29) is 17.9 Å². The van der Waals surface area contributed by atoms with Gasteiger partial charge in [-0.3, -0.25) is 19.4 Å². The van der Waals surface area contributed by atoms with E-state index in [1.807, 2.05) is 49.4 Å². The van der Waals surface area contributed by atoms with E-state index in [4.69, 9.17) is 0 Å². The molecule has 1 saturated heterocycles. The fraction of sp³-hybridized carbons (Fsp3) is 0.409. The zero-order valence-electron chi connectivity index (χ0n) is 17.1. The third kappa shape index (κ3) is 3.46. The van der Waals surface area contributed by atoms with Crippen molar-refractivity contribution in [2.45, 2.75) is 32.4 Å². The summed E-state index contributed by atoms with van der Waals surface area (Å²) >= 11 is 0. The molecule has 29 heavy (non-hydrogen) atoms. The lowest BCUT2D eigenvalue weighted by atomic mass is 9.95. The first-order valence-electron chi connectivity index (χ1n) is 10.0.